The molecule has 20 heavy (non-hydrogen) atoms. The Kier molecular flexibility index (Phi) is 4.64. The van der Waals surface area contributed by atoms with E-state index in [2.05, 4.69) is 12.2 Å². The molecule has 2 aromatic carbocycles. The number of rotatable bonds is 5. The molecule has 0 amide bonds. The van der Waals surface area contributed by atoms with Crippen LogP contribution >= 0.6 is 11.6 Å². The summed E-state index contributed by atoms with van der Waals surface area (Å²) in [4.78, 5) is 11.0. The van der Waals surface area contributed by atoms with Crippen LogP contribution in [-0.4, -0.2) is 11.1 Å². The molecule has 0 bridgehead atoms. The Morgan fingerprint density at radius 1 is 1.25 bits per heavy atom. The Morgan fingerprint density at radius 3 is 2.65 bits per heavy atom. The Hall–Kier alpha value is -2.00. The average molecular weight is 290 g/mol. The van der Waals surface area contributed by atoms with Gasteiger partial charge in [-0.25, -0.2) is 4.79 Å². The van der Waals surface area contributed by atoms with Crippen LogP contribution in [0.4, 0.5) is 5.69 Å². The minimum atomic E-state index is -0.926. The number of halogens is 1. The van der Waals surface area contributed by atoms with Crippen molar-refractivity contribution in [3.8, 4) is 0 Å². The Morgan fingerprint density at radius 2 is 2.00 bits per heavy atom. The lowest BCUT2D eigenvalue weighted by Gasteiger charge is -2.19. The predicted molar refractivity (Wildman–Crippen MR) is 81.5 cm³/mol. The van der Waals surface area contributed by atoms with Gasteiger partial charge in [0.2, 0.25) is 0 Å². The van der Waals surface area contributed by atoms with Gasteiger partial charge in [0.15, 0.2) is 0 Å². The number of carbonyl (C=O) groups is 1. The zero-order valence-corrected chi connectivity index (χ0v) is 11.9. The maximum Gasteiger partial charge on any atom is 0.335 e. The second-order valence-electron chi connectivity index (χ2n) is 4.55. The topological polar surface area (TPSA) is 49.3 Å². The Bertz CT molecular complexity index is 613. The van der Waals surface area contributed by atoms with Gasteiger partial charge in [-0.05, 0) is 42.3 Å². The minimum absolute atomic E-state index is 0.0951. The van der Waals surface area contributed by atoms with Crippen molar-refractivity contribution in [2.45, 2.75) is 19.4 Å². The summed E-state index contributed by atoms with van der Waals surface area (Å²) >= 11 is 6.01. The smallest absolute Gasteiger partial charge is 0.335 e. The lowest BCUT2D eigenvalue weighted by molar-refractivity contribution is 0.0697. The molecule has 0 aliphatic carbocycles. The van der Waals surface area contributed by atoms with Crippen molar-refractivity contribution >= 4 is 23.3 Å². The largest absolute Gasteiger partial charge is 0.478 e. The Labute approximate surface area is 123 Å². The summed E-state index contributed by atoms with van der Waals surface area (Å²) in [6.07, 6.45) is 0.873. The number of carboxylic acid groups (broad SMARTS) is 1. The highest BCUT2D eigenvalue weighted by atomic mass is 35.5. The molecule has 0 saturated carbocycles. The quantitative estimate of drug-likeness (QED) is 0.845. The predicted octanol–water partition coefficient (Wildman–Crippen LogP) is 4.60. The van der Waals surface area contributed by atoms with Gasteiger partial charge in [0.05, 0.1) is 11.6 Å². The molecule has 2 N–H and O–H groups in total. The maximum atomic E-state index is 11.0. The fraction of sp³-hybridized carbons (Fsp3) is 0.188. The molecular formula is C16H16ClNO2. The van der Waals surface area contributed by atoms with E-state index in [0.29, 0.717) is 5.02 Å². The van der Waals surface area contributed by atoms with Crippen molar-refractivity contribution in [2.75, 3.05) is 5.32 Å². The molecule has 0 saturated heterocycles. The normalized spacial score (nSPS) is 11.9. The van der Waals surface area contributed by atoms with Crippen LogP contribution in [0.5, 0.6) is 0 Å². The molecule has 0 aliphatic rings. The SMILES string of the molecule is CCC(Nc1cccc(C(=O)O)c1)c1cccc(Cl)c1. The van der Waals surface area contributed by atoms with Gasteiger partial charge in [-0.15, -0.1) is 0 Å². The van der Waals surface area contributed by atoms with Crippen LogP contribution < -0.4 is 5.32 Å². The Balaban J connectivity index is 2.22. The van der Waals surface area contributed by atoms with E-state index in [0.717, 1.165) is 17.7 Å². The summed E-state index contributed by atoms with van der Waals surface area (Å²) in [5.74, 6) is -0.926. The molecule has 0 heterocycles. The standard InChI is InChI=1S/C16H16ClNO2/c1-2-15(11-5-3-7-13(17)9-11)18-14-8-4-6-12(10-14)16(19)20/h3-10,15,18H,2H2,1H3,(H,19,20). The highest BCUT2D eigenvalue weighted by molar-refractivity contribution is 6.30. The fourth-order valence-electron chi connectivity index (χ4n) is 2.09. The first-order chi connectivity index (χ1) is 9.60. The van der Waals surface area contributed by atoms with E-state index in [-0.39, 0.29) is 11.6 Å². The lowest BCUT2D eigenvalue weighted by atomic mass is 10.0. The van der Waals surface area contributed by atoms with Crippen LogP contribution in [0.3, 0.4) is 0 Å². The third-order valence-electron chi connectivity index (χ3n) is 3.11. The molecule has 0 aliphatic heterocycles. The average Bonchev–Trinajstić information content (AvgIpc) is 2.45. The first kappa shape index (κ1) is 14.4. The molecule has 0 fully saturated rings. The number of hydrogen-bond donors (Lipinski definition) is 2. The third-order valence-corrected chi connectivity index (χ3v) is 3.34. The highest BCUT2D eigenvalue weighted by Crippen LogP contribution is 2.25. The van der Waals surface area contributed by atoms with Crippen LogP contribution in [0.1, 0.15) is 35.3 Å². The molecule has 1 unspecified atom stereocenters. The number of carboxylic acids is 1. The molecule has 4 heteroatoms. The van der Waals surface area contributed by atoms with E-state index < -0.39 is 5.97 Å². The van der Waals surface area contributed by atoms with Crippen molar-refractivity contribution in [1.82, 2.24) is 0 Å². The first-order valence-electron chi connectivity index (χ1n) is 6.45. The summed E-state index contributed by atoms with van der Waals surface area (Å²) in [5, 5.41) is 13.1. The van der Waals surface area contributed by atoms with Crippen molar-refractivity contribution in [1.29, 1.82) is 0 Å². The molecule has 2 rings (SSSR count). The molecule has 0 spiro atoms. The third kappa shape index (κ3) is 3.52. The van der Waals surface area contributed by atoms with E-state index in [9.17, 15) is 4.79 Å². The summed E-state index contributed by atoms with van der Waals surface area (Å²) in [7, 11) is 0. The summed E-state index contributed by atoms with van der Waals surface area (Å²) in [6.45, 7) is 2.07. The van der Waals surface area contributed by atoms with Crippen molar-refractivity contribution in [2.24, 2.45) is 0 Å². The van der Waals surface area contributed by atoms with Gasteiger partial charge >= 0.3 is 5.97 Å². The van der Waals surface area contributed by atoms with Crippen LogP contribution in [0.15, 0.2) is 48.5 Å². The lowest BCUT2D eigenvalue weighted by Crippen LogP contribution is -2.10. The zero-order valence-electron chi connectivity index (χ0n) is 11.1. The molecule has 104 valence electrons. The van der Waals surface area contributed by atoms with Gasteiger partial charge in [-0.2, -0.15) is 0 Å². The van der Waals surface area contributed by atoms with Gasteiger partial charge in [0, 0.05) is 10.7 Å². The number of anilines is 1. The van der Waals surface area contributed by atoms with Crippen LogP contribution in [0.25, 0.3) is 0 Å². The van der Waals surface area contributed by atoms with E-state index in [1.165, 1.54) is 0 Å². The minimum Gasteiger partial charge on any atom is -0.478 e. The van der Waals surface area contributed by atoms with E-state index >= 15 is 0 Å². The van der Waals surface area contributed by atoms with Gasteiger partial charge in [-0.1, -0.05) is 36.7 Å². The number of hydrogen-bond acceptors (Lipinski definition) is 2. The van der Waals surface area contributed by atoms with Crippen molar-refractivity contribution < 1.29 is 9.90 Å². The van der Waals surface area contributed by atoms with E-state index in [1.54, 1.807) is 18.2 Å². The van der Waals surface area contributed by atoms with Gasteiger partial charge in [-0.3, -0.25) is 0 Å². The van der Waals surface area contributed by atoms with Crippen molar-refractivity contribution in [3.05, 3.63) is 64.7 Å². The second kappa shape index (κ2) is 6.44. The van der Waals surface area contributed by atoms with Gasteiger partial charge in [0.1, 0.15) is 0 Å². The summed E-state index contributed by atoms with van der Waals surface area (Å²) in [6, 6.07) is 14.6. The molecular weight excluding hydrogens is 274 g/mol. The number of nitrogens with one attached hydrogen (secondary N) is 1. The van der Waals surface area contributed by atoms with Crippen LogP contribution in [0.2, 0.25) is 5.02 Å². The fourth-order valence-corrected chi connectivity index (χ4v) is 2.29. The van der Waals surface area contributed by atoms with Crippen LogP contribution in [-0.2, 0) is 0 Å². The second-order valence-corrected chi connectivity index (χ2v) is 4.98. The highest BCUT2D eigenvalue weighted by Gasteiger charge is 2.10. The van der Waals surface area contributed by atoms with Gasteiger partial charge < -0.3 is 10.4 Å². The monoisotopic (exact) mass is 289 g/mol. The molecule has 2 aromatic rings. The van der Waals surface area contributed by atoms with E-state index in [1.807, 2.05) is 30.3 Å². The maximum absolute atomic E-state index is 11.0. The first-order valence-corrected chi connectivity index (χ1v) is 6.83. The molecule has 0 aromatic heterocycles. The van der Waals surface area contributed by atoms with Crippen LogP contribution in [0, 0.1) is 0 Å². The molecule has 0 radical (unpaired) electrons. The van der Waals surface area contributed by atoms with Crippen molar-refractivity contribution in [3.63, 3.8) is 0 Å². The number of aromatic carboxylic acids is 1. The summed E-state index contributed by atoms with van der Waals surface area (Å²) < 4.78 is 0. The number of benzene rings is 2. The summed E-state index contributed by atoms with van der Waals surface area (Å²) in [5.41, 5.74) is 2.15. The molecule has 1 atom stereocenters. The zero-order chi connectivity index (χ0) is 14.5. The van der Waals surface area contributed by atoms with E-state index in [4.69, 9.17) is 16.7 Å². The van der Waals surface area contributed by atoms with Gasteiger partial charge in [0.25, 0.3) is 0 Å². The molecule has 3 nitrogen and oxygen atoms in total.